The number of carbonyl (C=O) groups is 2. The van der Waals surface area contributed by atoms with Crippen molar-refractivity contribution in [2.75, 3.05) is 20.6 Å². The molecule has 0 saturated heterocycles. The van der Waals surface area contributed by atoms with Crippen LogP contribution < -0.4 is 16.1 Å². The van der Waals surface area contributed by atoms with Gasteiger partial charge in [0.05, 0.1) is 6.04 Å². The Morgan fingerprint density at radius 2 is 1.93 bits per heavy atom. The standard InChI is InChI=1S/C8H18N4O2/c1-5-9-8(14)10-7(13)6(2)11-12(3)4/h6,11H,5H2,1-4H3,(H2,9,10,13,14). The van der Waals surface area contributed by atoms with E-state index in [-0.39, 0.29) is 5.91 Å². The lowest BCUT2D eigenvalue weighted by Crippen LogP contribution is -2.51. The molecule has 0 spiro atoms. The molecule has 6 heteroatoms. The molecule has 0 aromatic heterocycles. The molecule has 0 fully saturated rings. The van der Waals surface area contributed by atoms with Gasteiger partial charge < -0.3 is 5.32 Å². The van der Waals surface area contributed by atoms with E-state index in [2.05, 4.69) is 16.1 Å². The van der Waals surface area contributed by atoms with Crippen molar-refractivity contribution in [2.24, 2.45) is 0 Å². The maximum Gasteiger partial charge on any atom is 0.321 e. The molecule has 0 aliphatic carbocycles. The first kappa shape index (κ1) is 12.9. The highest BCUT2D eigenvalue weighted by molar-refractivity contribution is 5.96. The highest BCUT2D eigenvalue weighted by Gasteiger charge is 2.14. The number of hydrogen-bond acceptors (Lipinski definition) is 4. The van der Waals surface area contributed by atoms with Crippen LogP contribution >= 0.6 is 0 Å². The van der Waals surface area contributed by atoms with Gasteiger partial charge in [0.15, 0.2) is 0 Å². The Kier molecular flexibility index (Phi) is 5.82. The minimum Gasteiger partial charge on any atom is -0.338 e. The Morgan fingerprint density at radius 1 is 1.36 bits per heavy atom. The minimum absolute atomic E-state index is 0.357. The van der Waals surface area contributed by atoms with E-state index in [0.29, 0.717) is 6.54 Å². The molecule has 1 atom stereocenters. The highest BCUT2D eigenvalue weighted by atomic mass is 16.2. The van der Waals surface area contributed by atoms with Crippen molar-refractivity contribution >= 4 is 11.9 Å². The summed E-state index contributed by atoms with van der Waals surface area (Å²) in [5.74, 6) is -0.357. The molecule has 0 aromatic carbocycles. The van der Waals surface area contributed by atoms with Gasteiger partial charge in [0.25, 0.3) is 0 Å². The molecule has 0 saturated carbocycles. The first-order valence-electron chi connectivity index (χ1n) is 4.49. The van der Waals surface area contributed by atoms with E-state index in [1.54, 1.807) is 33.0 Å². The number of hydrazine groups is 1. The monoisotopic (exact) mass is 202 g/mol. The molecule has 0 aromatic rings. The molecule has 82 valence electrons. The molecule has 0 rings (SSSR count). The van der Waals surface area contributed by atoms with Gasteiger partial charge >= 0.3 is 6.03 Å². The van der Waals surface area contributed by atoms with E-state index in [1.165, 1.54) is 0 Å². The van der Waals surface area contributed by atoms with Gasteiger partial charge in [-0.2, -0.15) is 0 Å². The summed E-state index contributed by atoms with van der Waals surface area (Å²) in [6.07, 6.45) is 0. The molecule has 0 heterocycles. The smallest absolute Gasteiger partial charge is 0.321 e. The fourth-order valence-electron chi connectivity index (χ4n) is 0.871. The SMILES string of the molecule is CCNC(=O)NC(=O)C(C)NN(C)C. The fourth-order valence-corrected chi connectivity index (χ4v) is 0.871. The summed E-state index contributed by atoms with van der Waals surface area (Å²) in [6, 6.07) is -0.905. The van der Waals surface area contributed by atoms with E-state index in [1.807, 2.05) is 0 Å². The summed E-state index contributed by atoms with van der Waals surface area (Å²) >= 11 is 0. The first-order chi connectivity index (χ1) is 6.47. The number of imide groups is 1. The molecule has 1 unspecified atom stereocenters. The second-order valence-corrected chi connectivity index (χ2v) is 3.09. The van der Waals surface area contributed by atoms with Gasteiger partial charge in [-0.1, -0.05) is 0 Å². The maximum atomic E-state index is 11.3. The molecule has 6 nitrogen and oxygen atoms in total. The van der Waals surface area contributed by atoms with Crippen LogP contribution in [0.15, 0.2) is 0 Å². The third-order valence-electron chi connectivity index (χ3n) is 1.42. The number of nitrogens with zero attached hydrogens (tertiary/aromatic N) is 1. The molecule has 0 radical (unpaired) electrons. The summed E-state index contributed by atoms with van der Waals surface area (Å²) in [5.41, 5.74) is 2.83. The van der Waals surface area contributed by atoms with Crippen molar-refractivity contribution < 1.29 is 9.59 Å². The zero-order valence-electron chi connectivity index (χ0n) is 9.05. The summed E-state index contributed by atoms with van der Waals surface area (Å²) < 4.78 is 0. The third-order valence-corrected chi connectivity index (χ3v) is 1.42. The molecular weight excluding hydrogens is 184 g/mol. The van der Waals surface area contributed by atoms with Crippen molar-refractivity contribution in [2.45, 2.75) is 19.9 Å². The van der Waals surface area contributed by atoms with E-state index >= 15 is 0 Å². The van der Waals surface area contributed by atoms with Crippen molar-refractivity contribution in [3.63, 3.8) is 0 Å². The molecule has 0 aliphatic rings. The molecular formula is C8H18N4O2. The van der Waals surface area contributed by atoms with Crippen molar-refractivity contribution in [3.05, 3.63) is 0 Å². The van der Waals surface area contributed by atoms with Crippen LogP contribution in [-0.2, 0) is 4.79 Å². The van der Waals surface area contributed by atoms with Gasteiger partial charge in [-0.15, -0.1) is 0 Å². The number of nitrogens with one attached hydrogen (secondary N) is 3. The molecule has 0 aliphatic heterocycles. The van der Waals surface area contributed by atoms with Gasteiger partial charge in [-0.05, 0) is 13.8 Å². The van der Waals surface area contributed by atoms with Crippen LogP contribution in [0.2, 0.25) is 0 Å². The summed E-state index contributed by atoms with van der Waals surface area (Å²) in [4.78, 5) is 22.3. The lowest BCUT2D eigenvalue weighted by atomic mass is 10.3. The largest absolute Gasteiger partial charge is 0.338 e. The highest BCUT2D eigenvalue weighted by Crippen LogP contribution is 1.82. The number of hydrogen-bond donors (Lipinski definition) is 3. The van der Waals surface area contributed by atoms with E-state index < -0.39 is 12.1 Å². The van der Waals surface area contributed by atoms with Crippen LogP contribution in [0.3, 0.4) is 0 Å². The Morgan fingerprint density at radius 3 is 2.36 bits per heavy atom. The molecule has 0 bridgehead atoms. The van der Waals surface area contributed by atoms with E-state index in [9.17, 15) is 9.59 Å². The Hall–Kier alpha value is -1.14. The van der Waals surface area contributed by atoms with Crippen LogP contribution in [0.25, 0.3) is 0 Å². The molecule has 14 heavy (non-hydrogen) atoms. The normalized spacial score (nSPS) is 12.4. The van der Waals surface area contributed by atoms with Crippen LogP contribution in [0.1, 0.15) is 13.8 Å². The van der Waals surface area contributed by atoms with Gasteiger partial charge in [0, 0.05) is 20.6 Å². The van der Waals surface area contributed by atoms with Gasteiger partial charge in [-0.25, -0.2) is 15.2 Å². The first-order valence-corrected chi connectivity index (χ1v) is 4.49. The van der Waals surface area contributed by atoms with Crippen LogP contribution in [0.4, 0.5) is 4.79 Å². The molecule has 3 N–H and O–H groups in total. The molecule has 3 amide bonds. The fraction of sp³-hybridized carbons (Fsp3) is 0.750. The van der Waals surface area contributed by atoms with Crippen molar-refractivity contribution in [1.82, 2.24) is 21.1 Å². The minimum atomic E-state index is -0.468. The zero-order valence-corrected chi connectivity index (χ0v) is 9.05. The number of rotatable bonds is 4. The number of amides is 3. The lowest BCUT2D eigenvalue weighted by Gasteiger charge is -2.18. The Labute approximate surface area is 84.0 Å². The van der Waals surface area contributed by atoms with Crippen molar-refractivity contribution in [3.8, 4) is 0 Å². The predicted molar refractivity (Wildman–Crippen MR) is 53.5 cm³/mol. The van der Waals surface area contributed by atoms with Gasteiger partial charge in [0.1, 0.15) is 0 Å². The number of urea groups is 1. The second kappa shape index (κ2) is 6.33. The van der Waals surface area contributed by atoms with Gasteiger partial charge in [0.2, 0.25) is 5.91 Å². The predicted octanol–water partition coefficient (Wildman–Crippen LogP) is -0.713. The maximum absolute atomic E-state index is 11.3. The average molecular weight is 202 g/mol. The Balaban J connectivity index is 3.89. The summed E-state index contributed by atoms with van der Waals surface area (Å²) in [6.45, 7) is 3.95. The third kappa shape index (κ3) is 5.50. The second-order valence-electron chi connectivity index (χ2n) is 3.09. The quantitative estimate of drug-likeness (QED) is 0.526. The van der Waals surface area contributed by atoms with E-state index in [4.69, 9.17) is 0 Å². The van der Waals surface area contributed by atoms with E-state index in [0.717, 1.165) is 0 Å². The summed E-state index contributed by atoms with van der Waals surface area (Å²) in [5, 5.41) is 6.33. The van der Waals surface area contributed by atoms with Crippen molar-refractivity contribution in [1.29, 1.82) is 0 Å². The van der Waals surface area contributed by atoms with Crippen LogP contribution in [-0.4, -0.2) is 43.6 Å². The Bertz CT molecular complexity index is 206. The average Bonchev–Trinajstić information content (AvgIpc) is 2.02. The summed E-state index contributed by atoms with van der Waals surface area (Å²) in [7, 11) is 3.55. The van der Waals surface area contributed by atoms with Crippen LogP contribution in [0, 0.1) is 0 Å². The number of carbonyl (C=O) groups excluding carboxylic acids is 2. The topological polar surface area (TPSA) is 73.5 Å². The zero-order chi connectivity index (χ0) is 11.1. The van der Waals surface area contributed by atoms with Crippen LogP contribution in [0.5, 0.6) is 0 Å². The lowest BCUT2D eigenvalue weighted by molar-refractivity contribution is -0.122. The van der Waals surface area contributed by atoms with Gasteiger partial charge in [-0.3, -0.25) is 10.1 Å².